The standard InChI is InChI=1S/C15H10Cl2F3NO4P/c1-2-10-12(21(22)23)6-9(26(17)24)7-14(10)25-13-4-3-8(5-11(13)16)15(18,19)20/h3-7H,2H2,1H3/q+1. The molecule has 0 fully saturated rings. The van der Waals surface area contributed by atoms with Gasteiger partial charge in [0.1, 0.15) is 11.5 Å². The molecule has 11 heteroatoms. The molecule has 1 unspecified atom stereocenters. The molecule has 0 aromatic heterocycles. The van der Waals surface area contributed by atoms with Gasteiger partial charge < -0.3 is 4.74 Å². The molecule has 0 saturated carbocycles. The number of nitro benzene ring substituents is 1. The maximum atomic E-state index is 12.7. The summed E-state index contributed by atoms with van der Waals surface area (Å²) in [6.45, 7) is 1.63. The van der Waals surface area contributed by atoms with Gasteiger partial charge in [-0.2, -0.15) is 13.2 Å². The van der Waals surface area contributed by atoms with Crippen molar-refractivity contribution < 1.29 is 27.4 Å². The zero-order valence-corrected chi connectivity index (χ0v) is 15.4. The van der Waals surface area contributed by atoms with Crippen LogP contribution in [0.3, 0.4) is 0 Å². The lowest BCUT2D eigenvalue weighted by atomic mass is 10.1. The lowest BCUT2D eigenvalue weighted by molar-refractivity contribution is -0.385. The number of benzene rings is 2. The predicted octanol–water partition coefficient (Wildman–Crippen LogP) is 6.23. The van der Waals surface area contributed by atoms with Gasteiger partial charge in [-0.25, -0.2) is 0 Å². The zero-order chi connectivity index (χ0) is 19.6. The fraction of sp³-hybridized carbons (Fsp3) is 0.200. The van der Waals surface area contributed by atoms with Crippen molar-refractivity contribution in [1.29, 1.82) is 0 Å². The van der Waals surface area contributed by atoms with Gasteiger partial charge in [0, 0.05) is 6.07 Å². The molecule has 0 aliphatic rings. The molecule has 0 bridgehead atoms. The van der Waals surface area contributed by atoms with Crippen LogP contribution in [-0.4, -0.2) is 4.92 Å². The second kappa shape index (κ2) is 7.78. The summed E-state index contributed by atoms with van der Waals surface area (Å²) in [5, 5.41) is 10.9. The first kappa shape index (κ1) is 20.4. The minimum Gasteiger partial charge on any atom is -0.455 e. The van der Waals surface area contributed by atoms with Crippen LogP contribution in [0.1, 0.15) is 18.1 Å². The second-order valence-corrected chi connectivity index (χ2v) is 7.38. The van der Waals surface area contributed by atoms with Crippen molar-refractivity contribution in [2.24, 2.45) is 0 Å². The third-order valence-corrected chi connectivity index (χ3v) is 4.95. The largest absolute Gasteiger partial charge is 0.494 e. The van der Waals surface area contributed by atoms with Crippen molar-refractivity contribution in [2.75, 3.05) is 0 Å². The molecule has 5 nitrogen and oxygen atoms in total. The van der Waals surface area contributed by atoms with Crippen LogP contribution in [0, 0.1) is 10.1 Å². The Hall–Kier alpha value is -1.89. The summed E-state index contributed by atoms with van der Waals surface area (Å²) in [6.07, 6.45) is -4.39. The van der Waals surface area contributed by atoms with Crippen molar-refractivity contribution in [3.8, 4) is 11.5 Å². The quantitative estimate of drug-likeness (QED) is 0.322. The average molecular weight is 427 g/mol. The maximum Gasteiger partial charge on any atom is 0.494 e. The van der Waals surface area contributed by atoms with Crippen LogP contribution in [0.5, 0.6) is 11.5 Å². The summed E-state index contributed by atoms with van der Waals surface area (Å²) >= 11 is 11.4. The van der Waals surface area contributed by atoms with E-state index >= 15 is 0 Å². The Bertz CT molecular complexity index is 890. The molecule has 0 saturated heterocycles. The normalized spacial score (nSPS) is 12.0. The Labute approximate surface area is 156 Å². The molecule has 1 atom stereocenters. The van der Waals surface area contributed by atoms with E-state index < -0.39 is 23.8 Å². The van der Waals surface area contributed by atoms with E-state index in [0.717, 1.165) is 18.2 Å². The lowest BCUT2D eigenvalue weighted by Gasteiger charge is -2.13. The molecule has 0 amide bonds. The highest BCUT2D eigenvalue weighted by molar-refractivity contribution is 7.80. The molecule has 0 radical (unpaired) electrons. The molecule has 2 rings (SSSR count). The van der Waals surface area contributed by atoms with Crippen molar-refractivity contribution >= 4 is 41.0 Å². The first-order chi connectivity index (χ1) is 12.0. The monoisotopic (exact) mass is 426 g/mol. The highest BCUT2D eigenvalue weighted by Gasteiger charge is 2.32. The lowest BCUT2D eigenvalue weighted by Crippen LogP contribution is -2.06. The number of nitro groups is 1. The Morgan fingerprint density at radius 2 is 1.88 bits per heavy atom. The number of rotatable bonds is 5. The van der Waals surface area contributed by atoms with E-state index in [4.69, 9.17) is 27.6 Å². The molecule has 0 aliphatic heterocycles. The van der Waals surface area contributed by atoms with Crippen LogP contribution >= 0.6 is 30.0 Å². The molecular formula is C15H10Cl2F3NO4P+. The smallest absolute Gasteiger partial charge is 0.455 e. The fourth-order valence-corrected chi connectivity index (χ4v) is 3.16. The molecule has 138 valence electrons. The van der Waals surface area contributed by atoms with Crippen molar-refractivity contribution in [1.82, 2.24) is 0 Å². The van der Waals surface area contributed by atoms with E-state index in [2.05, 4.69) is 0 Å². The van der Waals surface area contributed by atoms with Crippen LogP contribution in [0.2, 0.25) is 5.02 Å². The number of alkyl halides is 3. The van der Waals surface area contributed by atoms with Crippen LogP contribution in [0.4, 0.5) is 18.9 Å². The Balaban J connectivity index is 2.55. The number of hydrogen-bond donors (Lipinski definition) is 0. The predicted molar refractivity (Wildman–Crippen MR) is 92.1 cm³/mol. The van der Waals surface area contributed by atoms with Crippen molar-refractivity contribution in [3.05, 3.63) is 56.6 Å². The van der Waals surface area contributed by atoms with E-state index in [1.807, 2.05) is 0 Å². The first-order valence-corrected chi connectivity index (χ1v) is 9.57. The average Bonchev–Trinajstić information content (AvgIpc) is 2.54. The minimum atomic E-state index is -4.58. The zero-order valence-electron chi connectivity index (χ0n) is 13.0. The SMILES string of the molecule is CCc1c(Oc2ccc(C(F)(F)F)cc2Cl)cc([P+](=O)Cl)cc1[N+](=O)[O-]. The van der Waals surface area contributed by atoms with Gasteiger partial charge in [0.15, 0.2) is 0 Å². The number of ether oxygens (including phenoxy) is 1. The number of hydrogen-bond acceptors (Lipinski definition) is 4. The van der Waals surface area contributed by atoms with Gasteiger partial charge >= 0.3 is 13.3 Å². The molecule has 0 spiro atoms. The van der Waals surface area contributed by atoms with Gasteiger partial charge in [-0.3, -0.25) is 10.1 Å². The summed E-state index contributed by atoms with van der Waals surface area (Å²) in [4.78, 5) is 10.6. The molecule has 0 aliphatic carbocycles. The van der Waals surface area contributed by atoms with Crippen LogP contribution < -0.4 is 10.0 Å². The van der Waals surface area contributed by atoms with E-state index in [0.29, 0.717) is 6.07 Å². The third kappa shape index (κ3) is 4.44. The van der Waals surface area contributed by atoms with Gasteiger partial charge in [-0.15, -0.1) is 0 Å². The molecule has 2 aromatic carbocycles. The maximum absolute atomic E-state index is 12.7. The van der Waals surface area contributed by atoms with E-state index in [9.17, 15) is 27.9 Å². The van der Waals surface area contributed by atoms with E-state index in [1.54, 1.807) is 6.92 Å². The number of nitrogens with zero attached hydrogens (tertiary/aromatic N) is 1. The van der Waals surface area contributed by atoms with Gasteiger partial charge in [-0.1, -0.05) is 18.5 Å². The highest BCUT2D eigenvalue weighted by Crippen LogP contribution is 2.40. The van der Waals surface area contributed by atoms with Crippen LogP contribution in [0.15, 0.2) is 30.3 Å². The van der Waals surface area contributed by atoms with Crippen molar-refractivity contribution in [3.63, 3.8) is 0 Å². The van der Waals surface area contributed by atoms with E-state index in [-0.39, 0.29) is 39.5 Å². The first-order valence-electron chi connectivity index (χ1n) is 7.03. The van der Waals surface area contributed by atoms with Gasteiger partial charge in [0.25, 0.3) is 5.69 Å². The summed E-state index contributed by atoms with van der Waals surface area (Å²) < 4.78 is 55.1. The summed E-state index contributed by atoms with van der Waals surface area (Å²) in [6, 6.07) is 4.77. The highest BCUT2D eigenvalue weighted by atomic mass is 35.7. The summed E-state index contributed by atoms with van der Waals surface area (Å²) in [7, 11) is -2.42. The van der Waals surface area contributed by atoms with Gasteiger partial charge in [0.2, 0.25) is 16.5 Å². The Morgan fingerprint density at radius 1 is 1.23 bits per heavy atom. The second-order valence-electron chi connectivity index (χ2n) is 5.04. The topological polar surface area (TPSA) is 69.4 Å². The van der Waals surface area contributed by atoms with Gasteiger partial charge in [-0.05, 0) is 29.2 Å². The summed E-state index contributed by atoms with van der Waals surface area (Å²) in [5.41, 5.74) is -1.15. The molecule has 26 heavy (non-hydrogen) atoms. The third-order valence-electron chi connectivity index (χ3n) is 3.40. The Kier molecular flexibility index (Phi) is 6.11. The Morgan fingerprint density at radius 3 is 2.35 bits per heavy atom. The van der Waals surface area contributed by atoms with Gasteiger partial charge in [0.05, 0.1) is 27.1 Å². The fourth-order valence-electron chi connectivity index (χ4n) is 2.21. The minimum absolute atomic E-state index is 0.0383. The molecule has 0 heterocycles. The molecule has 0 N–H and O–H groups in total. The molecule has 2 aromatic rings. The molecular weight excluding hydrogens is 417 g/mol. The number of halogens is 5. The summed E-state index contributed by atoms with van der Waals surface area (Å²) in [5.74, 6) is -0.187. The van der Waals surface area contributed by atoms with Crippen LogP contribution in [0.25, 0.3) is 0 Å². The van der Waals surface area contributed by atoms with Crippen LogP contribution in [-0.2, 0) is 17.2 Å². The van der Waals surface area contributed by atoms with Crippen molar-refractivity contribution in [2.45, 2.75) is 19.5 Å². The van der Waals surface area contributed by atoms with E-state index in [1.165, 1.54) is 6.07 Å².